The lowest BCUT2D eigenvalue weighted by atomic mass is 10.2. The van der Waals surface area contributed by atoms with Crippen LogP contribution in [0.1, 0.15) is 26.1 Å². The second-order valence-electron chi connectivity index (χ2n) is 5.07. The van der Waals surface area contributed by atoms with Gasteiger partial charge in [0.15, 0.2) is 0 Å². The number of hydrogen-bond acceptors (Lipinski definition) is 3. The smallest absolute Gasteiger partial charge is 0.141 e. The Balaban J connectivity index is 2.01. The van der Waals surface area contributed by atoms with E-state index in [4.69, 9.17) is 0 Å². The molecule has 0 amide bonds. The number of rotatable bonds is 7. The lowest BCUT2D eigenvalue weighted by molar-refractivity contribution is -0.118. The number of benzene rings is 1. The average molecular weight is 273 g/mol. The van der Waals surface area contributed by atoms with Crippen molar-refractivity contribution in [1.82, 2.24) is 14.5 Å². The van der Waals surface area contributed by atoms with Gasteiger partial charge in [0.05, 0.1) is 17.5 Å². The summed E-state index contributed by atoms with van der Waals surface area (Å²) in [6.45, 7) is 7.08. The lowest BCUT2D eigenvalue weighted by Crippen LogP contribution is -2.26. The Morgan fingerprint density at radius 2 is 1.95 bits per heavy atom. The van der Waals surface area contributed by atoms with Crippen LogP contribution in [0.25, 0.3) is 11.0 Å². The fourth-order valence-corrected chi connectivity index (χ4v) is 2.44. The van der Waals surface area contributed by atoms with Gasteiger partial charge in [-0.05, 0) is 25.2 Å². The highest BCUT2D eigenvalue weighted by molar-refractivity contribution is 5.82. The second-order valence-corrected chi connectivity index (χ2v) is 5.07. The van der Waals surface area contributed by atoms with Crippen molar-refractivity contribution in [3.63, 3.8) is 0 Å². The van der Waals surface area contributed by atoms with Gasteiger partial charge in [-0.2, -0.15) is 0 Å². The van der Waals surface area contributed by atoms with Gasteiger partial charge in [-0.25, -0.2) is 4.98 Å². The molecule has 0 radical (unpaired) electrons. The largest absolute Gasteiger partial charge is 0.331 e. The standard InChI is InChI=1S/C16H23N3O/c1-4-19(5-2)11-10-13(20)12-16-17-14-8-6-7-9-15(14)18(16)3/h6-9H,4-5,10-12H2,1-3H3. The molecule has 2 aromatic rings. The molecule has 0 aliphatic heterocycles. The molecule has 4 nitrogen and oxygen atoms in total. The first kappa shape index (κ1) is 14.7. The summed E-state index contributed by atoms with van der Waals surface area (Å²) in [4.78, 5) is 18.9. The molecule has 0 spiro atoms. The monoisotopic (exact) mass is 273 g/mol. The van der Waals surface area contributed by atoms with Gasteiger partial charge < -0.3 is 9.47 Å². The van der Waals surface area contributed by atoms with Crippen molar-refractivity contribution in [2.75, 3.05) is 19.6 Å². The molecule has 2 rings (SSSR count). The minimum atomic E-state index is 0.260. The van der Waals surface area contributed by atoms with Crippen molar-refractivity contribution in [2.45, 2.75) is 26.7 Å². The van der Waals surface area contributed by atoms with Crippen LogP contribution < -0.4 is 0 Å². The van der Waals surface area contributed by atoms with Crippen molar-refractivity contribution < 1.29 is 4.79 Å². The summed E-state index contributed by atoms with van der Waals surface area (Å²) in [5, 5.41) is 0. The van der Waals surface area contributed by atoms with Crippen LogP contribution in [0.4, 0.5) is 0 Å². The first-order valence-electron chi connectivity index (χ1n) is 7.30. The molecule has 0 atom stereocenters. The summed E-state index contributed by atoms with van der Waals surface area (Å²) in [5.74, 6) is 1.12. The van der Waals surface area contributed by atoms with Gasteiger partial charge in [0.25, 0.3) is 0 Å². The average Bonchev–Trinajstić information content (AvgIpc) is 2.77. The molecule has 0 fully saturated rings. The van der Waals surface area contributed by atoms with Crippen molar-refractivity contribution in [1.29, 1.82) is 0 Å². The van der Waals surface area contributed by atoms with E-state index >= 15 is 0 Å². The van der Waals surface area contributed by atoms with E-state index in [1.807, 2.05) is 35.9 Å². The van der Waals surface area contributed by atoms with Gasteiger partial charge in [-0.15, -0.1) is 0 Å². The maximum Gasteiger partial charge on any atom is 0.141 e. The Morgan fingerprint density at radius 1 is 1.25 bits per heavy atom. The number of carbonyl (C=O) groups is 1. The molecule has 4 heteroatoms. The lowest BCUT2D eigenvalue weighted by Gasteiger charge is -2.16. The summed E-state index contributed by atoms with van der Waals surface area (Å²) in [7, 11) is 1.97. The number of Topliss-reactive ketones (excluding diaryl/α,β-unsaturated/α-hetero) is 1. The van der Waals surface area contributed by atoms with E-state index in [2.05, 4.69) is 23.7 Å². The first-order chi connectivity index (χ1) is 9.65. The topological polar surface area (TPSA) is 38.1 Å². The third kappa shape index (κ3) is 3.25. The van der Waals surface area contributed by atoms with Crippen LogP contribution in [0.2, 0.25) is 0 Å². The molecule has 1 aromatic carbocycles. The molecule has 1 heterocycles. The molecule has 0 N–H and O–H groups in total. The van der Waals surface area contributed by atoms with Gasteiger partial charge in [0, 0.05) is 20.0 Å². The van der Waals surface area contributed by atoms with Crippen LogP contribution in [0.5, 0.6) is 0 Å². The number of nitrogens with zero attached hydrogens (tertiary/aromatic N) is 3. The summed E-state index contributed by atoms with van der Waals surface area (Å²) in [5.41, 5.74) is 2.04. The minimum absolute atomic E-state index is 0.260. The summed E-state index contributed by atoms with van der Waals surface area (Å²) in [6.07, 6.45) is 1.03. The molecule has 1 aromatic heterocycles. The highest BCUT2D eigenvalue weighted by Crippen LogP contribution is 2.15. The normalized spacial score (nSPS) is 11.4. The van der Waals surface area contributed by atoms with Crippen LogP contribution in [0.3, 0.4) is 0 Å². The summed E-state index contributed by atoms with van der Waals surface area (Å²) in [6, 6.07) is 7.99. The van der Waals surface area contributed by atoms with Gasteiger partial charge in [-0.1, -0.05) is 26.0 Å². The number of ketones is 1. The molecule has 108 valence electrons. The molecule has 0 aliphatic rings. The van der Waals surface area contributed by atoms with Crippen molar-refractivity contribution in [3.8, 4) is 0 Å². The number of imidazole rings is 1. The first-order valence-corrected chi connectivity index (χ1v) is 7.30. The number of aryl methyl sites for hydroxylation is 1. The van der Waals surface area contributed by atoms with Gasteiger partial charge in [0.1, 0.15) is 11.6 Å². The molecule has 0 saturated carbocycles. The molecule has 0 unspecified atom stereocenters. The summed E-state index contributed by atoms with van der Waals surface area (Å²) < 4.78 is 2.02. The fourth-order valence-electron chi connectivity index (χ4n) is 2.44. The Morgan fingerprint density at radius 3 is 2.60 bits per heavy atom. The summed E-state index contributed by atoms with van der Waals surface area (Å²) >= 11 is 0. The van der Waals surface area contributed by atoms with Gasteiger partial charge in [0.2, 0.25) is 0 Å². The number of fused-ring (bicyclic) bond motifs is 1. The van der Waals surface area contributed by atoms with Gasteiger partial charge >= 0.3 is 0 Å². The third-order valence-electron chi connectivity index (χ3n) is 3.84. The Hall–Kier alpha value is -1.68. The molecular weight excluding hydrogens is 250 g/mol. The molecule has 0 bridgehead atoms. The maximum atomic E-state index is 12.1. The molecule has 20 heavy (non-hydrogen) atoms. The number of hydrogen-bond donors (Lipinski definition) is 0. The van der Waals surface area contributed by atoms with E-state index in [9.17, 15) is 4.79 Å². The zero-order valence-corrected chi connectivity index (χ0v) is 12.6. The van der Waals surface area contributed by atoms with E-state index < -0.39 is 0 Å². The zero-order valence-electron chi connectivity index (χ0n) is 12.6. The molecular formula is C16H23N3O. The quantitative estimate of drug-likeness (QED) is 0.777. The zero-order chi connectivity index (χ0) is 14.5. The van der Waals surface area contributed by atoms with Crippen LogP contribution in [-0.2, 0) is 18.3 Å². The van der Waals surface area contributed by atoms with Crippen LogP contribution in [0.15, 0.2) is 24.3 Å². The Labute approximate surface area is 120 Å². The Bertz CT molecular complexity index is 584. The fraction of sp³-hybridized carbons (Fsp3) is 0.500. The third-order valence-corrected chi connectivity index (χ3v) is 3.84. The predicted octanol–water partition coefficient (Wildman–Crippen LogP) is 2.42. The van der Waals surface area contributed by atoms with E-state index in [1.165, 1.54) is 0 Å². The van der Waals surface area contributed by atoms with E-state index in [0.29, 0.717) is 12.8 Å². The predicted molar refractivity (Wildman–Crippen MR) is 81.8 cm³/mol. The van der Waals surface area contributed by atoms with Crippen molar-refractivity contribution in [3.05, 3.63) is 30.1 Å². The number of aromatic nitrogens is 2. The molecule has 0 aliphatic carbocycles. The van der Waals surface area contributed by atoms with Crippen LogP contribution >= 0.6 is 0 Å². The van der Waals surface area contributed by atoms with Gasteiger partial charge in [-0.3, -0.25) is 4.79 Å². The van der Waals surface area contributed by atoms with Crippen molar-refractivity contribution >= 4 is 16.8 Å². The van der Waals surface area contributed by atoms with E-state index in [0.717, 1.165) is 36.5 Å². The van der Waals surface area contributed by atoms with E-state index in [1.54, 1.807) is 0 Å². The van der Waals surface area contributed by atoms with Crippen LogP contribution in [0, 0.1) is 0 Å². The highest BCUT2D eigenvalue weighted by Gasteiger charge is 2.12. The molecule has 0 saturated heterocycles. The Kier molecular flexibility index (Phi) is 4.90. The van der Waals surface area contributed by atoms with Crippen molar-refractivity contribution in [2.24, 2.45) is 7.05 Å². The number of para-hydroxylation sites is 2. The highest BCUT2D eigenvalue weighted by atomic mass is 16.1. The maximum absolute atomic E-state index is 12.1. The van der Waals surface area contributed by atoms with E-state index in [-0.39, 0.29) is 5.78 Å². The minimum Gasteiger partial charge on any atom is -0.331 e. The second kappa shape index (κ2) is 6.66. The number of carbonyl (C=O) groups excluding carboxylic acids is 1. The van der Waals surface area contributed by atoms with Crippen LogP contribution in [-0.4, -0.2) is 39.9 Å². The SMILES string of the molecule is CCN(CC)CCC(=O)Cc1nc2ccccc2n1C.